The fourth-order valence-electron chi connectivity index (χ4n) is 1.53. The van der Waals surface area contributed by atoms with Crippen LogP contribution in [0.25, 0.3) is 0 Å². The van der Waals surface area contributed by atoms with Gasteiger partial charge in [0.25, 0.3) is 0 Å². The zero-order chi connectivity index (χ0) is 13.1. The Balaban J connectivity index is 0.000000728. The number of unbranched alkanes of at least 4 members (excludes halogenated alkanes) is 1. The van der Waals surface area contributed by atoms with Crippen LogP contribution in [0.4, 0.5) is 0 Å². The molecule has 1 fully saturated rings. The van der Waals surface area contributed by atoms with Gasteiger partial charge in [0.1, 0.15) is 0 Å². The number of carbonyl (C=O) groups is 1. The van der Waals surface area contributed by atoms with E-state index >= 15 is 0 Å². The Morgan fingerprint density at radius 2 is 1.94 bits per heavy atom. The van der Waals surface area contributed by atoms with Gasteiger partial charge in [-0.2, -0.15) is 0 Å². The monoisotopic (exact) mass is 242 g/mol. The summed E-state index contributed by atoms with van der Waals surface area (Å²) in [6.45, 7) is 9.90. The van der Waals surface area contributed by atoms with Gasteiger partial charge < -0.3 is 9.84 Å². The maximum Gasteiger partial charge on any atom is 0.330 e. The van der Waals surface area contributed by atoms with Crippen molar-refractivity contribution in [2.75, 3.05) is 13.2 Å². The van der Waals surface area contributed by atoms with Crippen LogP contribution in [0.1, 0.15) is 52.4 Å². The van der Waals surface area contributed by atoms with E-state index in [1.165, 1.54) is 19.3 Å². The zero-order valence-electron chi connectivity index (χ0n) is 11.2. The molecule has 17 heavy (non-hydrogen) atoms. The predicted octanol–water partition coefficient (Wildman–Crippen LogP) is 3.64. The van der Waals surface area contributed by atoms with Crippen molar-refractivity contribution in [1.29, 1.82) is 0 Å². The number of ether oxygens (including phenoxy) is 1. The third kappa shape index (κ3) is 11.4. The van der Waals surface area contributed by atoms with Gasteiger partial charge in [-0.15, -0.1) is 0 Å². The minimum Gasteiger partial charge on any atom is -0.478 e. The van der Waals surface area contributed by atoms with Crippen molar-refractivity contribution in [3.05, 3.63) is 12.2 Å². The van der Waals surface area contributed by atoms with Crippen LogP contribution in [-0.4, -0.2) is 24.3 Å². The Morgan fingerprint density at radius 1 is 1.35 bits per heavy atom. The molecule has 0 spiro atoms. The summed E-state index contributed by atoms with van der Waals surface area (Å²) in [6.07, 6.45) is 6.44. The van der Waals surface area contributed by atoms with E-state index in [4.69, 9.17) is 5.11 Å². The number of carboxylic acids is 1. The number of rotatable bonds is 8. The minimum atomic E-state index is -0.852. The summed E-state index contributed by atoms with van der Waals surface area (Å²) in [4.78, 5) is 10.5. The molecule has 3 nitrogen and oxygen atoms in total. The van der Waals surface area contributed by atoms with Crippen molar-refractivity contribution in [1.82, 2.24) is 0 Å². The molecule has 1 saturated heterocycles. The molecule has 1 N–H and O–H groups in total. The molecule has 1 aliphatic heterocycles. The number of epoxide rings is 1. The molecule has 0 bridgehead atoms. The highest BCUT2D eigenvalue weighted by atomic mass is 16.6. The summed E-state index contributed by atoms with van der Waals surface area (Å²) < 4.78 is 4.50. The summed E-state index contributed by atoms with van der Waals surface area (Å²) in [7, 11) is 0. The first-order valence-corrected chi connectivity index (χ1v) is 6.60. The number of hydrogen-bond acceptors (Lipinski definition) is 2. The molecule has 0 aromatic rings. The largest absolute Gasteiger partial charge is 0.478 e. The van der Waals surface area contributed by atoms with Crippen molar-refractivity contribution in [2.45, 2.75) is 52.4 Å². The third-order valence-corrected chi connectivity index (χ3v) is 2.90. The fraction of sp³-hybridized carbons (Fsp3) is 0.786. The highest BCUT2D eigenvalue weighted by molar-refractivity contribution is 5.85. The van der Waals surface area contributed by atoms with E-state index < -0.39 is 5.97 Å². The maximum absolute atomic E-state index is 10.5. The Morgan fingerprint density at radius 3 is 2.29 bits per heavy atom. The first-order valence-electron chi connectivity index (χ1n) is 6.60. The van der Waals surface area contributed by atoms with Gasteiger partial charge in [0.05, 0.1) is 13.2 Å². The molecule has 0 aromatic heterocycles. The van der Waals surface area contributed by atoms with Gasteiger partial charge in [-0.05, 0) is 18.8 Å². The van der Waals surface area contributed by atoms with E-state index in [1.807, 2.05) is 0 Å². The lowest BCUT2D eigenvalue weighted by Crippen LogP contribution is -2.04. The number of aliphatic carboxylic acids is 1. The van der Waals surface area contributed by atoms with E-state index in [2.05, 4.69) is 25.2 Å². The molecule has 1 aliphatic rings. The molecule has 3 heteroatoms. The van der Waals surface area contributed by atoms with E-state index in [0.717, 1.165) is 26.1 Å². The fourth-order valence-corrected chi connectivity index (χ4v) is 1.53. The summed E-state index contributed by atoms with van der Waals surface area (Å²) >= 11 is 0. The van der Waals surface area contributed by atoms with Crippen LogP contribution < -0.4 is 0 Å². The second kappa shape index (κ2) is 10.3. The zero-order valence-corrected chi connectivity index (χ0v) is 11.2. The Kier molecular flexibility index (Phi) is 9.83. The van der Waals surface area contributed by atoms with E-state index in [0.29, 0.717) is 17.9 Å². The molecule has 0 amide bonds. The topological polar surface area (TPSA) is 49.8 Å². The van der Waals surface area contributed by atoms with E-state index in [1.54, 1.807) is 0 Å². The summed E-state index contributed by atoms with van der Waals surface area (Å²) in [5.74, 6) is -0.179. The van der Waals surface area contributed by atoms with Gasteiger partial charge >= 0.3 is 5.97 Å². The van der Waals surface area contributed by atoms with Gasteiger partial charge in [-0.25, -0.2) is 4.79 Å². The molecule has 1 heterocycles. The second-order valence-corrected chi connectivity index (χ2v) is 4.48. The Labute approximate surface area is 105 Å². The van der Waals surface area contributed by atoms with E-state index in [9.17, 15) is 4.79 Å². The summed E-state index contributed by atoms with van der Waals surface area (Å²) in [5.41, 5.74) is 0.347. The average Bonchev–Trinajstić information content (AvgIpc) is 3.16. The molecule has 1 rings (SSSR count). The van der Waals surface area contributed by atoms with Crippen LogP contribution in [0.2, 0.25) is 0 Å². The Bertz CT molecular complexity index is 219. The number of carboxylic acid groups (broad SMARTS) is 1. The Hall–Kier alpha value is -0.830. The standard InChI is InChI=1S/C12H22O2.C2H4O/c1-4-6-7-11(5-2)9-8-10(3)12(13)14;1-2-3-1/h11H,3-9H2,1-2H3,(H,13,14);1-2H2. The molecular weight excluding hydrogens is 216 g/mol. The van der Waals surface area contributed by atoms with Crippen molar-refractivity contribution >= 4 is 5.97 Å². The lowest BCUT2D eigenvalue weighted by Gasteiger charge is -2.13. The average molecular weight is 242 g/mol. The van der Waals surface area contributed by atoms with Gasteiger partial charge in [0, 0.05) is 5.57 Å². The van der Waals surface area contributed by atoms with Crippen LogP contribution >= 0.6 is 0 Å². The lowest BCUT2D eigenvalue weighted by molar-refractivity contribution is -0.132. The molecular formula is C14H26O3. The van der Waals surface area contributed by atoms with Crippen molar-refractivity contribution in [2.24, 2.45) is 5.92 Å². The van der Waals surface area contributed by atoms with Crippen LogP contribution in [0.5, 0.6) is 0 Å². The van der Waals surface area contributed by atoms with Crippen LogP contribution in [0.15, 0.2) is 12.2 Å². The molecule has 0 aliphatic carbocycles. The molecule has 1 unspecified atom stereocenters. The first-order chi connectivity index (χ1) is 8.11. The van der Waals surface area contributed by atoms with Gasteiger partial charge in [0.2, 0.25) is 0 Å². The van der Waals surface area contributed by atoms with Gasteiger partial charge in [-0.3, -0.25) is 0 Å². The predicted molar refractivity (Wildman–Crippen MR) is 70.1 cm³/mol. The quantitative estimate of drug-likeness (QED) is 0.522. The molecule has 0 saturated carbocycles. The normalized spacial score (nSPS) is 14.5. The summed E-state index contributed by atoms with van der Waals surface area (Å²) in [6, 6.07) is 0. The van der Waals surface area contributed by atoms with Crippen molar-refractivity contribution < 1.29 is 14.6 Å². The summed E-state index contributed by atoms with van der Waals surface area (Å²) in [5, 5.41) is 8.64. The first kappa shape index (κ1) is 16.2. The smallest absolute Gasteiger partial charge is 0.330 e. The lowest BCUT2D eigenvalue weighted by atomic mass is 9.93. The van der Waals surface area contributed by atoms with Crippen LogP contribution in [-0.2, 0) is 9.53 Å². The molecule has 100 valence electrons. The SMILES string of the molecule is C1CO1.C=C(CCC(CC)CCCC)C(=O)O. The molecule has 0 radical (unpaired) electrons. The van der Waals surface area contributed by atoms with Gasteiger partial charge in [0.15, 0.2) is 0 Å². The maximum atomic E-state index is 10.5. The van der Waals surface area contributed by atoms with Crippen molar-refractivity contribution in [3.8, 4) is 0 Å². The minimum absolute atomic E-state index is 0.347. The van der Waals surface area contributed by atoms with Gasteiger partial charge in [-0.1, -0.05) is 46.1 Å². The third-order valence-electron chi connectivity index (χ3n) is 2.90. The highest BCUT2D eigenvalue weighted by Crippen LogP contribution is 2.20. The van der Waals surface area contributed by atoms with Crippen LogP contribution in [0.3, 0.4) is 0 Å². The van der Waals surface area contributed by atoms with Crippen LogP contribution in [0, 0.1) is 5.92 Å². The second-order valence-electron chi connectivity index (χ2n) is 4.48. The number of hydrogen-bond donors (Lipinski definition) is 1. The van der Waals surface area contributed by atoms with Crippen molar-refractivity contribution in [3.63, 3.8) is 0 Å². The van der Waals surface area contributed by atoms with E-state index in [-0.39, 0.29) is 0 Å². The molecule has 1 atom stereocenters. The molecule has 0 aromatic carbocycles. The highest BCUT2D eigenvalue weighted by Gasteiger charge is 2.09.